The molecule has 0 bridgehead atoms. The highest BCUT2D eigenvalue weighted by molar-refractivity contribution is 9.11. The first kappa shape index (κ1) is 14.2. The number of benzene rings is 1. The van der Waals surface area contributed by atoms with E-state index in [1.165, 1.54) is 0 Å². The first-order valence-corrected chi connectivity index (χ1v) is 7.11. The van der Waals surface area contributed by atoms with Gasteiger partial charge in [0.25, 0.3) is 5.69 Å². The summed E-state index contributed by atoms with van der Waals surface area (Å²) < 4.78 is 3.28. The summed E-state index contributed by atoms with van der Waals surface area (Å²) in [7, 11) is 0. The largest absolute Gasteiger partial charge is 0.283 e. The minimum atomic E-state index is -0.398. The number of nitro groups is 1. The molecule has 0 radical (unpaired) electrons. The number of aryl methyl sites for hydroxylation is 1. The predicted octanol–water partition coefficient (Wildman–Crippen LogP) is 3.98. The molecule has 0 fully saturated rings. The lowest BCUT2D eigenvalue weighted by molar-refractivity contribution is -0.385. The maximum atomic E-state index is 10.9. The Morgan fingerprint density at radius 2 is 2.05 bits per heavy atom. The molecule has 0 N–H and O–H groups in total. The molecule has 0 atom stereocenters. The normalized spacial score (nSPS) is 10.7. The molecular formula is C12H11Br2N3O2. The van der Waals surface area contributed by atoms with Crippen LogP contribution in [0, 0.1) is 24.0 Å². The quantitative estimate of drug-likeness (QED) is 0.590. The fraction of sp³-hybridized carbons (Fsp3) is 0.250. The Kier molecular flexibility index (Phi) is 4.05. The minimum Gasteiger partial charge on any atom is -0.264 e. The van der Waals surface area contributed by atoms with E-state index >= 15 is 0 Å². The molecule has 0 aliphatic carbocycles. The van der Waals surface area contributed by atoms with Crippen molar-refractivity contribution in [3.8, 4) is 0 Å². The molecule has 0 saturated heterocycles. The summed E-state index contributed by atoms with van der Waals surface area (Å²) in [6, 6.07) is 5.10. The van der Waals surface area contributed by atoms with Crippen molar-refractivity contribution in [2.45, 2.75) is 20.4 Å². The van der Waals surface area contributed by atoms with Crippen molar-refractivity contribution in [1.82, 2.24) is 9.78 Å². The monoisotopic (exact) mass is 387 g/mol. The van der Waals surface area contributed by atoms with E-state index < -0.39 is 4.92 Å². The molecule has 7 heteroatoms. The fourth-order valence-electron chi connectivity index (χ4n) is 1.80. The summed E-state index contributed by atoms with van der Waals surface area (Å²) >= 11 is 6.64. The summed E-state index contributed by atoms with van der Waals surface area (Å²) in [5.41, 5.74) is 2.82. The number of nitro benzene ring substituents is 1. The maximum absolute atomic E-state index is 10.9. The van der Waals surface area contributed by atoms with Crippen molar-refractivity contribution < 1.29 is 4.92 Å². The van der Waals surface area contributed by atoms with E-state index in [4.69, 9.17) is 0 Å². The molecule has 0 aliphatic heterocycles. The van der Waals surface area contributed by atoms with Gasteiger partial charge in [-0.25, -0.2) is 0 Å². The number of halogens is 2. The van der Waals surface area contributed by atoms with Gasteiger partial charge in [-0.3, -0.25) is 14.8 Å². The standard InChI is InChI=1S/C12H11Br2N3O2/c1-7-12(14)8(2)16(15-7)6-9-3-4-10(13)11(5-9)17(18)19/h3-5H,6H2,1-2H3. The summed E-state index contributed by atoms with van der Waals surface area (Å²) in [6.07, 6.45) is 0. The topological polar surface area (TPSA) is 61.0 Å². The second-order valence-corrected chi connectivity index (χ2v) is 5.83. The molecule has 1 aromatic carbocycles. The Bertz CT molecular complexity index is 653. The Hall–Kier alpha value is -1.21. The smallest absolute Gasteiger partial charge is 0.264 e. The molecule has 0 unspecified atom stereocenters. The second kappa shape index (κ2) is 5.42. The van der Waals surface area contributed by atoms with Gasteiger partial charge in [0.05, 0.1) is 31.8 Å². The van der Waals surface area contributed by atoms with Gasteiger partial charge in [-0.05, 0) is 57.3 Å². The van der Waals surface area contributed by atoms with E-state index in [1.807, 2.05) is 24.6 Å². The molecule has 19 heavy (non-hydrogen) atoms. The van der Waals surface area contributed by atoms with E-state index in [0.717, 1.165) is 21.4 Å². The van der Waals surface area contributed by atoms with Gasteiger partial charge in [-0.1, -0.05) is 6.07 Å². The van der Waals surface area contributed by atoms with Crippen molar-refractivity contribution in [1.29, 1.82) is 0 Å². The van der Waals surface area contributed by atoms with Gasteiger partial charge >= 0.3 is 0 Å². The minimum absolute atomic E-state index is 0.0677. The molecule has 1 aromatic heterocycles. The first-order chi connectivity index (χ1) is 8.90. The van der Waals surface area contributed by atoms with Gasteiger partial charge in [0.15, 0.2) is 0 Å². The third-order valence-corrected chi connectivity index (χ3v) is 4.65. The Morgan fingerprint density at radius 3 is 2.58 bits per heavy atom. The van der Waals surface area contributed by atoms with Gasteiger partial charge in [-0.2, -0.15) is 5.10 Å². The predicted molar refractivity (Wildman–Crippen MR) is 79.3 cm³/mol. The Morgan fingerprint density at radius 1 is 1.37 bits per heavy atom. The molecule has 2 rings (SSSR count). The highest BCUT2D eigenvalue weighted by Crippen LogP contribution is 2.27. The lowest BCUT2D eigenvalue weighted by atomic mass is 10.2. The number of aromatic nitrogens is 2. The highest BCUT2D eigenvalue weighted by Gasteiger charge is 2.14. The molecule has 1 heterocycles. The van der Waals surface area contributed by atoms with Crippen LogP contribution in [0.25, 0.3) is 0 Å². The van der Waals surface area contributed by atoms with Crippen LogP contribution in [-0.2, 0) is 6.54 Å². The van der Waals surface area contributed by atoms with Crippen LogP contribution in [0.3, 0.4) is 0 Å². The van der Waals surface area contributed by atoms with E-state index in [-0.39, 0.29) is 5.69 Å². The van der Waals surface area contributed by atoms with Crippen molar-refractivity contribution in [3.05, 3.63) is 54.2 Å². The molecule has 0 aliphatic rings. The van der Waals surface area contributed by atoms with E-state index in [0.29, 0.717) is 11.0 Å². The molecule has 0 saturated carbocycles. The molecule has 100 valence electrons. The summed E-state index contributed by atoms with van der Waals surface area (Å²) in [4.78, 5) is 10.5. The third-order valence-electron chi connectivity index (χ3n) is 2.83. The molecule has 0 amide bonds. The molecule has 5 nitrogen and oxygen atoms in total. The summed E-state index contributed by atoms with van der Waals surface area (Å²) in [5, 5.41) is 15.3. The maximum Gasteiger partial charge on any atom is 0.283 e. The van der Waals surface area contributed by atoms with Crippen LogP contribution in [0.5, 0.6) is 0 Å². The number of rotatable bonds is 3. The van der Waals surface area contributed by atoms with Gasteiger partial charge in [0.1, 0.15) is 0 Å². The van der Waals surface area contributed by atoms with Crippen LogP contribution in [-0.4, -0.2) is 14.7 Å². The average molecular weight is 389 g/mol. The van der Waals surface area contributed by atoms with Crippen LogP contribution in [0.15, 0.2) is 27.1 Å². The first-order valence-electron chi connectivity index (χ1n) is 5.52. The van der Waals surface area contributed by atoms with E-state index in [2.05, 4.69) is 37.0 Å². The van der Waals surface area contributed by atoms with Crippen molar-refractivity contribution in [2.75, 3.05) is 0 Å². The Balaban J connectivity index is 2.36. The fourth-order valence-corrected chi connectivity index (χ4v) is 2.47. The van der Waals surface area contributed by atoms with Gasteiger partial charge in [0.2, 0.25) is 0 Å². The van der Waals surface area contributed by atoms with Gasteiger partial charge < -0.3 is 0 Å². The van der Waals surface area contributed by atoms with Crippen LogP contribution >= 0.6 is 31.9 Å². The zero-order valence-corrected chi connectivity index (χ0v) is 13.5. The van der Waals surface area contributed by atoms with Crippen LogP contribution in [0.2, 0.25) is 0 Å². The number of hydrogen-bond acceptors (Lipinski definition) is 3. The number of nitrogens with zero attached hydrogens (tertiary/aromatic N) is 3. The van der Waals surface area contributed by atoms with Crippen LogP contribution < -0.4 is 0 Å². The van der Waals surface area contributed by atoms with Gasteiger partial charge in [-0.15, -0.1) is 0 Å². The third kappa shape index (κ3) is 2.87. The van der Waals surface area contributed by atoms with E-state index in [9.17, 15) is 10.1 Å². The average Bonchev–Trinajstić information content (AvgIpc) is 2.59. The second-order valence-electron chi connectivity index (χ2n) is 4.19. The SMILES string of the molecule is Cc1nn(Cc2ccc(Br)c([N+](=O)[O-])c2)c(C)c1Br. The lowest BCUT2D eigenvalue weighted by Gasteiger charge is -2.05. The summed E-state index contributed by atoms with van der Waals surface area (Å²) in [5.74, 6) is 0. The van der Waals surface area contributed by atoms with Crippen LogP contribution in [0.4, 0.5) is 5.69 Å². The highest BCUT2D eigenvalue weighted by atomic mass is 79.9. The number of hydrogen-bond donors (Lipinski definition) is 0. The van der Waals surface area contributed by atoms with Crippen molar-refractivity contribution in [2.24, 2.45) is 0 Å². The molecule has 0 spiro atoms. The lowest BCUT2D eigenvalue weighted by Crippen LogP contribution is -2.04. The van der Waals surface area contributed by atoms with E-state index in [1.54, 1.807) is 12.1 Å². The van der Waals surface area contributed by atoms with Crippen molar-refractivity contribution >= 4 is 37.5 Å². The van der Waals surface area contributed by atoms with Crippen LogP contribution in [0.1, 0.15) is 17.0 Å². The zero-order chi connectivity index (χ0) is 14.2. The Labute approximate surface area is 127 Å². The zero-order valence-electron chi connectivity index (χ0n) is 10.4. The van der Waals surface area contributed by atoms with Gasteiger partial charge in [0, 0.05) is 6.07 Å². The molecular weight excluding hydrogens is 378 g/mol. The summed E-state index contributed by atoms with van der Waals surface area (Å²) in [6.45, 7) is 4.38. The molecule has 2 aromatic rings. The van der Waals surface area contributed by atoms with Crippen molar-refractivity contribution in [3.63, 3.8) is 0 Å².